The van der Waals surface area contributed by atoms with Crippen LogP contribution in [-0.2, 0) is 10.0 Å². The smallest absolute Gasteiger partial charge is 0.207 e. The molecule has 0 unspecified atom stereocenters. The molecule has 2 atom stereocenters. The molecule has 20 heavy (non-hydrogen) atoms. The number of nitrogens with zero attached hydrogens (tertiary/aromatic N) is 1. The number of benzene rings is 1. The molecule has 2 aliphatic rings. The van der Waals surface area contributed by atoms with E-state index in [0.29, 0.717) is 11.4 Å². The van der Waals surface area contributed by atoms with Gasteiger partial charge < -0.3 is 0 Å². The zero-order chi connectivity index (χ0) is 14.4. The van der Waals surface area contributed by atoms with Crippen LogP contribution in [0.15, 0.2) is 29.2 Å². The topological polar surface area (TPSA) is 37.4 Å². The van der Waals surface area contributed by atoms with Gasteiger partial charge in [0.15, 0.2) is 0 Å². The van der Waals surface area contributed by atoms with E-state index >= 15 is 0 Å². The van der Waals surface area contributed by atoms with Gasteiger partial charge in [0, 0.05) is 16.0 Å². The van der Waals surface area contributed by atoms with E-state index in [1.165, 1.54) is 6.42 Å². The summed E-state index contributed by atoms with van der Waals surface area (Å²) in [5, 5.41) is 0. The van der Waals surface area contributed by atoms with Gasteiger partial charge in [0.2, 0.25) is 10.0 Å². The largest absolute Gasteiger partial charge is 0.243 e. The van der Waals surface area contributed by atoms with Crippen molar-refractivity contribution < 1.29 is 8.42 Å². The van der Waals surface area contributed by atoms with Crippen molar-refractivity contribution in [2.45, 2.75) is 53.4 Å². The minimum atomic E-state index is -3.34. The Hall–Kier alpha value is -0.140. The predicted octanol–water partition coefficient (Wildman–Crippen LogP) is 3.51. The van der Waals surface area contributed by atoms with E-state index in [4.69, 9.17) is 0 Å². The number of halogens is 1. The summed E-state index contributed by atoms with van der Waals surface area (Å²) in [6.45, 7) is 2.65. The molecule has 1 aliphatic heterocycles. The van der Waals surface area contributed by atoms with Crippen molar-refractivity contribution in [3.8, 4) is 0 Å². The Balaban J connectivity index is 1.94. The van der Waals surface area contributed by atoms with Crippen LogP contribution in [0.5, 0.6) is 0 Å². The van der Waals surface area contributed by atoms with Gasteiger partial charge in [0.25, 0.3) is 0 Å². The van der Waals surface area contributed by atoms with E-state index in [2.05, 4.69) is 22.6 Å². The number of hydrogen-bond acceptors (Lipinski definition) is 2. The van der Waals surface area contributed by atoms with E-state index in [-0.39, 0.29) is 9.46 Å². The molecule has 1 aromatic carbocycles. The summed E-state index contributed by atoms with van der Waals surface area (Å²) in [7, 11) is -3.34. The van der Waals surface area contributed by atoms with Gasteiger partial charge in [-0.3, -0.25) is 0 Å². The quantitative estimate of drug-likeness (QED) is 0.558. The second-order valence-electron chi connectivity index (χ2n) is 5.98. The molecular weight excluding hydrogens is 385 g/mol. The molecule has 1 aromatic rings. The fraction of sp³-hybridized carbons (Fsp3) is 0.600. The summed E-state index contributed by atoms with van der Waals surface area (Å²) < 4.78 is 27.7. The second kappa shape index (κ2) is 5.25. The molecule has 0 amide bonds. The maximum atomic E-state index is 12.9. The van der Waals surface area contributed by atoms with Gasteiger partial charge >= 0.3 is 0 Å². The average molecular weight is 405 g/mol. The Kier molecular flexibility index (Phi) is 3.88. The Morgan fingerprint density at radius 1 is 1.20 bits per heavy atom. The number of sulfonamides is 1. The van der Waals surface area contributed by atoms with Crippen LogP contribution >= 0.6 is 22.6 Å². The van der Waals surface area contributed by atoms with Crippen molar-refractivity contribution in [3.05, 3.63) is 29.8 Å². The molecule has 0 spiro atoms. The number of rotatable bonds is 2. The van der Waals surface area contributed by atoms with Gasteiger partial charge in [-0.2, -0.15) is 4.31 Å². The third-order valence-corrected chi connectivity index (χ3v) is 8.36. The molecule has 1 heterocycles. The molecule has 2 fully saturated rings. The molecule has 0 N–H and O–H groups in total. The fourth-order valence-electron chi connectivity index (χ4n) is 3.46. The van der Waals surface area contributed by atoms with Crippen LogP contribution in [0.4, 0.5) is 0 Å². The monoisotopic (exact) mass is 405 g/mol. The second-order valence-corrected chi connectivity index (χ2v) is 10.0. The lowest BCUT2D eigenvalue weighted by Crippen LogP contribution is -2.45. The van der Waals surface area contributed by atoms with Gasteiger partial charge in [0.1, 0.15) is 0 Å². The molecule has 3 rings (SSSR count). The van der Waals surface area contributed by atoms with Gasteiger partial charge in [-0.1, -0.05) is 53.1 Å². The molecule has 1 saturated carbocycles. The highest BCUT2D eigenvalue weighted by Gasteiger charge is 2.50. The Bertz CT molecular complexity index is 599. The first-order valence-electron chi connectivity index (χ1n) is 7.21. The van der Waals surface area contributed by atoms with Gasteiger partial charge in [0.05, 0.1) is 4.90 Å². The SMILES string of the molecule is Cc1ccc(S(=O)(=O)N2CC[C@]3(I)CCCC[C@H]23)cc1. The molecular formula is C15H20INO2S. The van der Waals surface area contributed by atoms with Crippen LogP contribution in [0, 0.1) is 6.92 Å². The molecule has 110 valence electrons. The average Bonchev–Trinajstić information content (AvgIpc) is 2.77. The van der Waals surface area contributed by atoms with Crippen molar-refractivity contribution in [2.75, 3.05) is 6.54 Å². The highest BCUT2D eigenvalue weighted by atomic mass is 127. The fourth-order valence-corrected chi connectivity index (χ4v) is 6.64. The third-order valence-electron chi connectivity index (χ3n) is 4.64. The number of alkyl halides is 1. The summed E-state index contributed by atoms with van der Waals surface area (Å²) in [6.07, 6.45) is 5.53. The van der Waals surface area contributed by atoms with Crippen LogP contribution in [0.25, 0.3) is 0 Å². The van der Waals surface area contributed by atoms with Gasteiger partial charge in [-0.05, 0) is 38.3 Å². The van der Waals surface area contributed by atoms with Crippen molar-refractivity contribution in [1.29, 1.82) is 0 Å². The molecule has 5 heteroatoms. The minimum absolute atomic E-state index is 0.160. The first-order valence-corrected chi connectivity index (χ1v) is 9.73. The number of hydrogen-bond donors (Lipinski definition) is 0. The lowest BCUT2D eigenvalue weighted by Gasteiger charge is -2.37. The van der Waals surface area contributed by atoms with Gasteiger partial charge in [-0.15, -0.1) is 0 Å². The van der Waals surface area contributed by atoms with Gasteiger partial charge in [-0.25, -0.2) is 8.42 Å². The van der Waals surface area contributed by atoms with Crippen molar-refractivity contribution >= 4 is 32.6 Å². The zero-order valence-electron chi connectivity index (χ0n) is 11.7. The van der Waals surface area contributed by atoms with Crippen LogP contribution in [0.3, 0.4) is 0 Å². The maximum absolute atomic E-state index is 12.9. The van der Waals surface area contributed by atoms with Crippen LogP contribution in [0.1, 0.15) is 37.7 Å². The standard InChI is InChI=1S/C15H20INO2S/c1-12-5-7-13(8-6-12)20(18,19)17-11-10-15(16)9-3-2-4-14(15)17/h5-8,14H,2-4,9-11H2,1H3/t14-,15+/m0/s1. The Morgan fingerprint density at radius 2 is 1.90 bits per heavy atom. The van der Waals surface area contributed by atoms with Crippen LogP contribution in [-0.4, -0.2) is 28.7 Å². The van der Waals surface area contributed by atoms with Crippen LogP contribution in [0.2, 0.25) is 0 Å². The molecule has 1 saturated heterocycles. The molecule has 0 bridgehead atoms. The van der Waals surface area contributed by atoms with E-state index in [9.17, 15) is 8.42 Å². The molecule has 0 aromatic heterocycles. The molecule has 1 aliphatic carbocycles. The van der Waals surface area contributed by atoms with Crippen molar-refractivity contribution in [2.24, 2.45) is 0 Å². The third kappa shape index (κ3) is 2.41. The maximum Gasteiger partial charge on any atom is 0.243 e. The highest BCUT2D eigenvalue weighted by Crippen LogP contribution is 2.48. The van der Waals surface area contributed by atoms with Crippen LogP contribution < -0.4 is 0 Å². The molecule has 0 radical (unpaired) electrons. The lowest BCUT2D eigenvalue weighted by atomic mass is 9.85. The van der Waals surface area contributed by atoms with E-state index in [1.807, 2.05) is 19.1 Å². The number of aryl methyl sites for hydroxylation is 1. The predicted molar refractivity (Wildman–Crippen MR) is 88.7 cm³/mol. The summed E-state index contributed by atoms with van der Waals surface area (Å²) >= 11 is 2.52. The Labute approximate surface area is 134 Å². The summed E-state index contributed by atoms with van der Waals surface area (Å²) in [5.74, 6) is 0. The molecule has 3 nitrogen and oxygen atoms in total. The number of fused-ring (bicyclic) bond motifs is 1. The van der Waals surface area contributed by atoms with E-state index in [1.54, 1.807) is 16.4 Å². The summed E-state index contributed by atoms with van der Waals surface area (Å²) in [5.41, 5.74) is 1.09. The zero-order valence-corrected chi connectivity index (χ0v) is 14.7. The summed E-state index contributed by atoms with van der Waals surface area (Å²) in [6, 6.07) is 7.41. The first-order chi connectivity index (χ1) is 9.43. The van der Waals surface area contributed by atoms with Crippen molar-refractivity contribution in [3.63, 3.8) is 0 Å². The van der Waals surface area contributed by atoms with Crippen molar-refractivity contribution in [1.82, 2.24) is 4.31 Å². The van der Waals surface area contributed by atoms with E-state index in [0.717, 1.165) is 31.2 Å². The first kappa shape index (κ1) is 14.8. The van der Waals surface area contributed by atoms with E-state index < -0.39 is 10.0 Å². The lowest BCUT2D eigenvalue weighted by molar-refractivity contribution is 0.293. The Morgan fingerprint density at radius 3 is 2.60 bits per heavy atom. The normalized spacial score (nSPS) is 31.2. The highest BCUT2D eigenvalue weighted by molar-refractivity contribution is 14.1. The minimum Gasteiger partial charge on any atom is -0.207 e. The summed E-state index contributed by atoms with van der Waals surface area (Å²) in [4.78, 5) is 0.439.